The largest absolute Gasteiger partial charge is 0.454 e. The average molecular weight is 265 g/mol. The van der Waals surface area contributed by atoms with Gasteiger partial charge in [-0.05, 0) is 30.3 Å². The van der Waals surface area contributed by atoms with E-state index >= 15 is 0 Å². The second-order valence-corrected chi connectivity index (χ2v) is 3.98. The van der Waals surface area contributed by atoms with E-state index in [2.05, 4.69) is 0 Å². The third kappa shape index (κ3) is 2.62. The van der Waals surface area contributed by atoms with Gasteiger partial charge in [-0.25, -0.2) is 8.78 Å². The Hall–Kier alpha value is -2.01. The quantitative estimate of drug-likeness (QED) is 0.864. The summed E-state index contributed by atoms with van der Waals surface area (Å²) in [6.45, 7) is 0. The number of hydrogen-bond donors (Lipinski definition) is 1. The highest BCUT2D eigenvalue weighted by molar-refractivity contribution is 7.80. The summed E-state index contributed by atoms with van der Waals surface area (Å²) in [7, 11) is 0. The van der Waals surface area contributed by atoms with Crippen molar-refractivity contribution >= 4 is 17.2 Å². The van der Waals surface area contributed by atoms with Crippen LogP contribution in [0.1, 0.15) is 5.56 Å². The van der Waals surface area contributed by atoms with E-state index in [1.54, 1.807) is 12.1 Å². The van der Waals surface area contributed by atoms with E-state index in [4.69, 9.17) is 22.7 Å². The van der Waals surface area contributed by atoms with Crippen molar-refractivity contribution in [1.29, 1.82) is 0 Å². The number of nitrogens with two attached hydrogens (primary N) is 1. The van der Waals surface area contributed by atoms with Gasteiger partial charge in [0.1, 0.15) is 16.6 Å². The molecule has 0 heterocycles. The smallest absolute Gasteiger partial charge is 0.165 e. The van der Waals surface area contributed by atoms with Crippen molar-refractivity contribution < 1.29 is 13.5 Å². The minimum atomic E-state index is -0.518. The van der Waals surface area contributed by atoms with Crippen LogP contribution < -0.4 is 10.5 Å². The van der Waals surface area contributed by atoms with Crippen molar-refractivity contribution in [1.82, 2.24) is 0 Å². The van der Waals surface area contributed by atoms with Crippen molar-refractivity contribution in [3.63, 3.8) is 0 Å². The average Bonchev–Trinajstić information content (AvgIpc) is 2.34. The monoisotopic (exact) mass is 265 g/mol. The summed E-state index contributed by atoms with van der Waals surface area (Å²) in [5, 5.41) is 0. The Morgan fingerprint density at radius 2 is 1.78 bits per heavy atom. The van der Waals surface area contributed by atoms with Gasteiger partial charge in [0.2, 0.25) is 0 Å². The molecule has 2 rings (SSSR count). The molecule has 18 heavy (non-hydrogen) atoms. The summed E-state index contributed by atoms with van der Waals surface area (Å²) in [6.07, 6.45) is 0. The Morgan fingerprint density at radius 1 is 1.06 bits per heavy atom. The minimum absolute atomic E-state index is 0.0131. The predicted octanol–water partition coefficient (Wildman–Crippen LogP) is 3.39. The number of para-hydroxylation sites is 1. The zero-order valence-electron chi connectivity index (χ0n) is 9.19. The van der Waals surface area contributed by atoms with Crippen molar-refractivity contribution in [2.75, 3.05) is 0 Å². The fourth-order valence-electron chi connectivity index (χ4n) is 1.43. The van der Waals surface area contributed by atoms with Crippen LogP contribution in [0.4, 0.5) is 8.78 Å². The van der Waals surface area contributed by atoms with Gasteiger partial charge in [0.25, 0.3) is 0 Å². The third-order valence-corrected chi connectivity index (χ3v) is 2.48. The van der Waals surface area contributed by atoms with Gasteiger partial charge in [-0.3, -0.25) is 0 Å². The van der Waals surface area contributed by atoms with E-state index < -0.39 is 11.6 Å². The Labute approximate surface area is 108 Å². The highest BCUT2D eigenvalue weighted by atomic mass is 32.1. The summed E-state index contributed by atoms with van der Waals surface area (Å²) >= 11 is 4.80. The fourth-order valence-corrected chi connectivity index (χ4v) is 1.59. The lowest BCUT2D eigenvalue weighted by Crippen LogP contribution is -2.11. The number of hydrogen-bond acceptors (Lipinski definition) is 2. The van der Waals surface area contributed by atoms with Crippen molar-refractivity contribution in [3.05, 3.63) is 59.7 Å². The summed E-state index contributed by atoms with van der Waals surface area (Å²) < 4.78 is 31.9. The Morgan fingerprint density at radius 3 is 2.44 bits per heavy atom. The second-order valence-electron chi connectivity index (χ2n) is 3.54. The molecule has 0 amide bonds. The number of halogens is 2. The SMILES string of the molecule is NC(=S)c1cc(F)ccc1Oc1ccccc1F. The molecule has 0 aliphatic heterocycles. The number of benzene rings is 2. The summed E-state index contributed by atoms with van der Waals surface area (Å²) in [4.78, 5) is -0.0131. The first kappa shape index (κ1) is 12.4. The highest BCUT2D eigenvalue weighted by Crippen LogP contribution is 2.27. The van der Waals surface area contributed by atoms with Crippen molar-refractivity contribution in [3.8, 4) is 11.5 Å². The molecule has 0 saturated carbocycles. The Kier molecular flexibility index (Phi) is 3.53. The molecule has 2 N–H and O–H groups in total. The van der Waals surface area contributed by atoms with Crippen LogP contribution in [0.5, 0.6) is 11.5 Å². The lowest BCUT2D eigenvalue weighted by Gasteiger charge is -2.10. The molecule has 5 heteroatoms. The molecule has 0 saturated heterocycles. The van der Waals surface area contributed by atoms with Gasteiger partial charge in [-0.15, -0.1) is 0 Å². The van der Waals surface area contributed by atoms with E-state index in [9.17, 15) is 8.78 Å². The minimum Gasteiger partial charge on any atom is -0.454 e. The van der Waals surface area contributed by atoms with Gasteiger partial charge < -0.3 is 10.5 Å². The molecule has 0 fully saturated rings. The number of rotatable bonds is 3. The lowest BCUT2D eigenvalue weighted by atomic mass is 10.2. The predicted molar refractivity (Wildman–Crippen MR) is 68.8 cm³/mol. The number of thiocarbonyl (C=S) groups is 1. The molecule has 2 nitrogen and oxygen atoms in total. The molecule has 0 aromatic heterocycles. The fraction of sp³-hybridized carbons (Fsp3) is 0. The molecule has 2 aromatic rings. The van der Waals surface area contributed by atoms with Gasteiger partial charge in [0, 0.05) is 0 Å². The molecule has 0 bridgehead atoms. The maximum atomic E-state index is 13.4. The van der Waals surface area contributed by atoms with Crippen LogP contribution in [0.25, 0.3) is 0 Å². The van der Waals surface area contributed by atoms with Crippen LogP contribution in [-0.2, 0) is 0 Å². The zero-order chi connectivity index (χ0) is 13.1. The van der Waals surface area contributed by atoms with E-state index in [0.29, 0.717) is 0 Å². The van der Waals surface area contributed by atoms with Gasteiger partial charge in [0.15, 0.2) is 11.6 Å². The molecule has 0 atom stereocenters. The maximum Gasteiger partial charge on any atom is 0.165 e. The molecular weight excluding hydrogens is 256 g/mol. The first-order valence-electron chi connectivity index (χ1n) is 5.09. The summed E-state index contributed by atoms with van der Waals surface area (Å²) in [5.74, 6) is -0.759. The topological polar surface area (TPSA) is 35.2 Å². The Bertz CT molecular complexity index is 601. The molecule has 92 valence electrons. The first-order chi connectivity index (χ1) is 8.58. The highest BCUT2D eigenvalue weighted by Gasteiger charge is 2.11. The summed E-state index contributed by atoms with van der Waals surface area (Å²) in [6, 6.07) is 9.60. The van der Waals surface area contributed by atoms with E-state index in [-0.39, 0.29) is 22.1 Å². The third-order valence-electron chi connectivity index (χ3n) is 2.26. The van der Waals surface area contributed by atoms with Gasteiger partial charge >= 0.3 is 0 Å². The molecule has 0 aliphatic carbocycles. The molecule has 0 radical (unpaired) electrons. The van der Waals surface area contributed by atoms with Crippen LogP contribution in [0.3, 0.4) is 0 Å². The van der Waals surface area contributed by atoms with Gasteiger partial charge in [0.05, 0.1) is 5.56 Å². The van der Waals surface area contributed by atoms with E-state index in [1.807, 2.05) is 0 Å². The van der Waals surface area contributed by atoms with Gasteiger partial charge in [-0.2, -0.15) is 0 Å². The van der Waals surface area contributed by atoms with Crippen molar-refractivity contribution in [2.45, 2.75) is 0 Å². The van der Waals surface area contributed by atoms with Crippen molar-refractivity contribution in [2.24, 2.45) is 5.73 Å². The van der Waals surface area contributed by atoms with Crippen LogP contribution >= 0.6 is 12.2 Å². The maximum absolute atomic E-state index is 13.4. The first-order valence-corrected chi connectivity index (χ1v) is 5.50. The van der Waals surface area contributed by atoms with E-state index in [1.165, 1.54) is 24.3 Å². The number of ether oxygens (including phenoxy) is 1. The normalized spacial score (nSPS) is 10.1. The van der Waals surface area contributed by atoms with Gasteiger partial charge in [-0.1, -0.05) is 24.4 Å². The molecule has 0 spiro atoms. The molecule has 0 aliphatic rings. The van der Waals surface area contributed by atoms with Crippen LogP contribution in [-0.4, -0.2) is 4.99 Å². The van der Waals surface area contributed by atoms with Crippen LogP contribution in [0.15, 0.2) is 42.5 Å². The molecule has 2 aromatic carbocycles. The Balaban J connectivity index is 2.41. The lowest BCUT2D eigenvalue weighted by molar-refractivity contribution is 0.440. The van der Waals surface area contributed by atoms with E-state index in [0.717, 1.165) is 6.07 Å². The zero-order valence-corrected chi connectivity index (χ0v) is 10.0. The van der Waals surface area contributed by atoms with Crippen LogP contribution in [0.2, 0.25) is 0 Å². The van der Waals surface area contributed by atoms with Crippen LogP contribution in [0, 0.1) is 11.6 Å². The molecule has 0 unspecified atom stereocenters. The molecular formula is C13H9F2NOS. The second kappa shape index (κ2) is 5.10. The standard InChI is InChI=1S/C13H9F2NOS/c14-8-5-6-11(9(7-8)13(16)18)17-12-4-2-1-3-10(12)15/h1-7H,(H2,16,18). The summed E-state index contributed by atoms with van der Waals surface area (Å²) in [5.41, 5.74) is 5.70.